The Hall–Kier alpha value is -1.60. The Labute approximate surface area is 177 Å². The zero-order valence-electron chi connectivity index (χ0n) is 19.1. The molecule has 0 unspecified atom stereocenters. The number of rotatable bonds is 11. The van der Waals surface area contributed by atoms with Crippen LogP contribution in [0.5, 0.6) is 0 Å². The molecule has 0 aliphatic carbocycles. The topological polar surface area (TPSA) is 78.5 Å². The number of benzene rings is 1. The van der Waals surface area contributed by atoms with E-state index in [0.717, 1.165) is 31.5 Å². The van der Waals surface area contributed by atoms with Crippen molar-refractivity contribution in [3.05, 3.63) is 29.8 Å². The normalized spacial score (nSPS) is 12.4. The molecule has 1 aromatic carbocycles. The fourth-order valence-corrected chi connectivity index (χ4v) is 3.87. The third-order valence-corrected chi connectivity index (χ3v) is 6.96. The summed E-state index contributed by atoms with van der Waals surface area (Å²) in [7, 11) is -3.26. The van der Waals surface area contributed by atoms with E-state index in [-0.39, 0.29) is 18.0 Å². The van der Waals surface area contributed by atoms with Crippen LogP contribution >= 0.6 is 0 Å². The van der Waals surface area contributed by atoms with E-state index in [2.05, 4.69) is 10.0 Å². The van der Waals surface area contributed by atoms with Gasteiger partial charge in [-0.25, -0.2) is 13.1 Å². The highest BCUT2D eigenvalue weighted by atomic mass is 32.2. The van der Waals surface area contributed by atoms with Crippen molar-refractivity contribution in [3.8, 4) is 0 Å². The number of carbonyl (C=O) groups is 1. The molecule has 166 valence electrons. The molecule has 0 saturated carbocycles. The van der Waals surface area contributed by atoms with Gasteiger partial charge in [-0.3, -0.25) is 4.79 Å². The molecule has 1 amide bonds. The molecule has 0 radical (unpaired) electrons. The lowest BCUT2D eigenvalue weighted by Crippen LogP contribution is -2.42. The first-order valence-electron chi connectivity index (χ1n) is 10.5. The Bertz CT molecular complexity index is 728. The number of amides is 1. The summed E-state index contributed by atoms with van der Waals surface area (Å²) >= 11 is 0. The van der Waals surface area contributed by atoms with E-state index >= 15 is 0 Å². The average molecular weight is 426 g/mol. The van der Waals surface area contributed by atoms with E-state index in [1.54, 1.807) is 20.8 Å². The predicted octanol–water partition coefficient (Wildman–Crippen LogP) is 4.25. The molecular weight excluding hydrogens is 386 g/mol. The second-order valence-corrected chi connectivity index (χ2v) is 11.5. The number of anilines is 1. The summed E-state index contributed by atoms with van der Waals surface area (Å²) in [6.07, 6.45) is 2.70. The molecule has 0 aliphatic rings. The number of nitrogens with zero attached hydrogens (tertiary/aromatic N) is 1. The quantitative estimate of drug-likeness (QED) is 0.520. The molecular formula is C22H39N3O3S. The first-order chi connectivity index (χ1) is 13.4. The number of hydrogen-bond donors (Lipinski definition) is 2. The zero-order chi connectivity index (χ0) is 22.2. The first kappa shape index (κ1) is 25.4. The van der Waals surface area contributed by atoms with Crippen LogP contribution in [0.25, 0.3) is 0 Å². The Morgan fingerprint density at radius 2 is 1.45 bits per heavy atom. The van der Waals surface area contributed by atoms with Crippen molar-refractivity contribution < 1.29 is 13.2 Å². The Balaban J connectivity index is 2.38. The summed E-state index contributed by atoms with van der Waals surface area (Å²) < 4.78 is 25.8. The molecule has 0 fully saturated rings. The Morgan fingerprint density at radius 1 is 0.931 bits per heavy atom. The molecule has 2 N–H and O–H groups in total. The van der Waals surface area contributed by atoms with Gasteiger partial charge in [0.2, 0.25) is 10.0 Å². The van der Waals surface area contributed by atoms with Crippen molar-refractivity contribution in [3.63, 3.8) is 0 Å². The van der Waals surface area contributed by atoms with E-state index < -0.39 is 14.8 Å². The second kappa shape index (κ2) is 11.0. The highest BCUT2D eigenvalue weighted by Gasteiger charge is 2.27. The minimum atomic E-state index is -3.26. The lowest BCUT2D eigenvalue weighted by atomic mass is 10.1. The first-order valence-corrected chi connectivity index (χ1v) is 12.0. The van der Waals surface area contributed by atoms with Crippen molar-refractivity contribution >= 4 is 21.6 Å². The van der Waals surface area contributed by atoms with Crippen molar-refractivity contribution in [2.24, 2.45) is 0 Å². The number of carbonyl (C=O) groups excluding carboxylic acids is 1. The minimum Gasteiger partial charge on any atom is -0.385 e. The van der Waals surface area contributed by atoms with Crippen molar-refractivity contribution in [2.45, 2.75) is 84.6 Å². The maximum absolute atomic E-state index is 12.7. The maximum Gasteiger partial charge on any atom is 0.254 e. The molecule has 0 atom stereocenters. The summed E-state index contributed by atoms with van der Waals surface area (Å²) in [5.74, 6) is 0.0549. The van der Waals surface area contributed by atoms with Crippen LogP contribution in [-0.4, -0.2) is 49.1 Å². The van der Waals surface area contributed by atoms with E-state index in [4.69, 9.17) is 0 Å². The monoisotopic (exact) mass is 425 g/mol. The van der Waals surface area contributed by atoms with Gasteiger partial charge in [-0.1, -0.05) is 6.42 Å². The van der Waals surface area contributed by atoms with Gasteiger partial charge in [0.25, 0.3) is 5.91 Å². The van der Waals surface area contributed by atoms with E-state index in [9.17, 15) is 13.2 Å². The summed E-state index contributed by atoms with van der Waals surface area (Å²) in [5.41, 5.74) is 1.68. The van der Waals surface area contributed by atoms with E-state index in [1.165, 1.54) is 0 Å². The number of sulfonamides is 1. The molecule has 7 heteroatoms. The maximum atomic E-state index is 12.7. The standard InChI is InChI=1S/C22H39N3O3S/c1-17(2)25(18(3)4)21(26)19-11-13-20(14-12-19)23-15-9-8-10-16-24-29(27,28)22(5,6)7/h11-14,17-18,23-24H,8-10,15-16H2,1-7H3. The van der Waals surface area contributed by atoms with Gasteiger partial charge in [0.05, 0.1) is 4.75 Å². The van der Waals surface area contributed by atoms with E-state index in [0.29, 0.717) is 12.1 Å². The Kier molecular flexibility index (Phi) is 9.62. The van der Waals surface area contributed by atoms with Gasteiger partial charge in [0.1, 0.15) is 0 Å². The van der Waals surface area contributed by atoms with Gasteiger partial charge in [-0.2, -0.15) is 0 Å². The van der Waals surface area contributed by atoms with Crippen molar-refractivity contribution in [1.82, 2.24) is 9.62 Å². The van der Waals surface area contributed by atoms with Crippen LogP contribution in [0.2, 0.25) is 0 Å². The summed E-state index contributed by atoms with van der Waals surface area (Å²) in [6, 6.07) is 7.92. The molecule has 0 heterocycles. The highest BCUT2D eigenvalue weighted by molar-refractivity contribution is 7.90. The fourth-order valence-electron chi connectivity index (χ4n) is 3.03. The molecule has 29 heavy (non-hydrogen) atoms. The van der Waals surface area contributed by atoms with Crippen LogP contribution in [0.3, 0.4) is 0 Å². The third kappa shape index (κ3) is 7.97. The van der Waals surface area contributed by atoms with Crippen LogP contribution in [0.15, 0.2) is 24.3 Å². The van der Waals surface area contributed by atoms with Gasteiger partial charge in [0, 0.05) is 36.4 Å². The van der Waals surface area contributed by atoms with Crippen molar-refractivity contribution in [1.29, 1.82) is 0 Å². The largest absolute Gasteiger partial charge is 0.385 e. The molecule has 0 spiro atoms. The zero-order valence-corrected chi connectivity index (χ0v) is 19.9. The van der Waals surface area contributed by atoms with Gasteiger partial charge in [-0.15, -0.1) is 0 Å². The Morgan fingerprint density at radius 3 is 1.93 bits per heavy atom. The molecule has 1 aromatic rings. The molecule has 0 saturated heterocycles. The van der Waals surface area contributed by atoms with Gasteiger partial charge in [0.15, 0.2) is 0 Å². The summed E-state index contributed by atoms with van der Waals surface area (Å²) in [5, 5.41) is 3.35. The molecule has 1 rings (SSSR count). The molecule has 0 bridgehead atoms. The van der Waals surface area contributed by atoms with Crippen molar-refractivity contribution in [2.75, 3.05) is 18.4 Å². The van der Waals surface area contributed by atoms with Crippen LogP contribution in [0, 0.1) is 0 Å². The lowest BCUT2D eigenvalue weighted by Gasteiger charge is -2.30. The predicted molar refractivity (Wildman–Crippen MR) is 122 cm³/mol. The molecule has 0 aromatic heterocycles. The van der Waals surface area contributed by atoms with Crippen LogP contribution in [0.1, 0.15) is 78.1 Å². The van der Waals surface area contributed by atoms with Gasteiger partial charge >= 0.3 is 0 Å². The van der Waals surface area contributed by atoms with Crippen LogP contribution in [-0.2, 0) is 10.0 Å². The average Bonchev–Trinajstić information content (AvgIpc) is 2.59. The van der Waals surface area contributed by atoms with Gasteiger partial charge in [-0.05, 0) is 85.6 Å². The number of hydrogen-bond acceptors (Lipinski definition) is 4. The number of unbranched alkanes of at least 4 members (excludes halogenated alkanes) is 2. The molecule has 0 aliphatic heterocycles. The summed E-state index contributed by atoms with van der Waals surface area (Å²) in [6.45, 7) is 14.5. The molecule has 6 nitrogen and oxygen atoms in total. The smallest absolute Gasteiger partial charge is 0.254 e. The van der Waals surface area contributed by atoms with Gasteiger partial charge < -0.3 is 10.2 Å². The SMILES string of the molecule is CC(C)N(C(=O)c1ccc(NCCCCCNS(=O)(=O)C(C)(C)C)cc1)C(C)C. The fraction of sp³-hybridized carbons (Fsp3) is 0.682. The second-order valence-electron chi connectivity index (χ2n) is 8.97. The minimum absolute atomic E-state index is 0.0549. The van der Waals surface area contributed by atoms with Crippen LogP contribution in [0.4, 0.5) is 5.69 Å². The van der Waals surface area contributed by atoms with E-state index in [1.807, 2.05) is 56.9 Å². The number of nitrogens with one attached hydrogen (secondary N) is 2. The van der Waals surface area contributed by atoms with Crippen LogP contribution < -0.4 is 10.0 Å². The lowest BCUT2D eigenvalue weighted by molar-refractivity contribution is 0.0643. The highest BCUT2D eigenvalue weighted by Crippen LogP contribution is 2.16. The summed E-state index contributed by atoms with van der Waals surface area (Å²) in [4.78, 5) is 14.6. The third-order valence-electron chi connectivity index (χ3n) is 4.76.